The van der Waals surface area contributed by atoms with E-state index in [0.717, 1.165) is 0 Å². The Morgan fingerprint density at radius 1 is 1.00 bits per heavy atom. The lowest BCUT2D eigenvalue weighted by molar-refractivity contribution is 0.102. The van der Waals surface area contributed by atoms with E-state index in [4.69, 9.17) is 0 Å². The molecule has 2 heterocycles. The van der Waals surface area contributed by atoms with Crippen molar-refractivity contribution >= 4 is 22.4 Å². The van der Waals surface area contributed by atoms with Gasteiger partial charge in [0.1, 0.15) is 11.5 Å². The van der Waals surface area contributed by atoms with E-state index in [9.17, 15) is 14.0 Å². The van der Waals surface area contributed by atoms with Gasteiger partial charge in [0.25, 0.3) is 11.5 Å². The second-order valence-corrected chi connectivity index (χ2v) is 5.81. The number of nitrogens with one attached hydrogen (secondary N) is 2. The lowest BCUT2D eigenvalue weighted by Gasteiger charge is -2.10. The van der Waals surface area contributed by atoms with Crippen molar-refractivity contribution in [3.8, 4) is 5.69 Å². The highest BCUT2D eigenvalue weighted by molar-refractivity contribution is 6.04. The number of rotatable bonds is 3. The summed E-state index contributed by atoms with van der Waals surface area (Å²) in [6.07, 6.45) is 3.64. The maximum atomic E-state index is 14.1. The molecule has 0 radical (unpaired) electrons. The minimum atomic E-state index is -0.587. The molecular formula is C20H14FN3O2. The normalized spacial score (nSPS) is 10.8. The third-order valence-electron chi connectivity index (χ3n) is 4.10. The molecule has 2 aromatic carbocycles. The van der Waals surface area contributed by atoms with Crippen LogP contribution in [-0.4, -0.2) is 15.5 Å². The molecule has 5 nitrogen and oxygen atoms in total. The van der Waals surface area contributed by atoms with Crippen LogP contribution in [0.4, 0.5) is 10.1 Å². The van der Waals surface area contributed by atoms with Crippen LogP contribution < -0.4 is 10.9 Å². The predicted octanol–water partition coefficient (Wildman–Crippen LogP) is 3.71. The van der Waals surface area contributed by atoms with Crippen LogP contribution in [0.5, 0.6) is 0 Å². The first-order valence-corrected chi connectivity index (χ1v) is 7.98. The van der Waals surface area contributed by atoms with Crippen LogP contribution in [0.25, 0.3) is 16.5 Å². The number of pyridine rings is 1. The molecule has 0 fully saturated rings. The van der Waals surface area contributed by atoms with Crippen molar-refractivity contribution in [2.24, 2.45) is 0 Å². The van der Waals surface area contributed by atoms with Gasteiger partial charge < -0.3 is 14.9 Å². The number of aromatic amines is 1. The van der Waals surface area contributed by atoms with Gasteiger partial charge in [0.15, 0.2) is 0 Å². The van der Waals surface area contributed by atoms with Gasteiger partial charge in [-0.2, -0.15) is 0 Å². The molecule has 0 spiro atoms. The summed E-state index contributed by atoms with van der Waals surface area (Å²) in [4.78, 5) is 27.2. The number of carbonyl (C=O) groups excluding carboxylic acids is 1. The number of anilines is 1. The molecule has 0 saturated carbocycles. The predicted molar refractivity (Wildman–Crippen MR) is 98.2 cm³/mol. The van der Waals surface area contributed by atoms with Gasteiger partial charge in [-0.3, -0.25) is 9.59 Å². The first-order chi connectivity index (χ1) is 12.6. The van der Waals surface area contributed by atoms with Crippen LogP contribution in [-0.2, 0) is 0 Å². The smallest absolute Gasteiger partial charge is 0.272 e. The Bertz CT molecular complexity index is 1160. The topological polar surface area (TPSA) is 66.9 Å². The monoisotopic (exact) mass is 347 g/mol. The Balaban J connectivity index is 1.68. The van der Waals surface area contributed by atoms with Crippen molar-refractivity contribution in [1.29, 1.82) is 0 Å². The maximum absolute atomic E-state index is 14.1. The van der Waals surface area contributed by atoms with Crippen molar-refractivity contribution in [2.75, 3.05) is 5.32 Å². The number of aromatic nitrogens is 2. The summed E-state index contributed by atoms with van der Waals surface area (Å²) < 4.78 is 15.9. The maximum Gasteiger partial charge on any atom is 0.272 e. The second kappa shape index (κ2) is 6.33. The number of carbonyl (C=O) groups is 1. The zero-order valence-corrected chi connectivity index (χ0v) is 13.6. The summed E-state index contributed by atoms with van der Waals surface area (Å²) in [5, 5.41) is 3.66. The quantitative estimate of drug-likeness (QED) is 0.593. The molecule has 4 aromatic rings. The summed E-state index contributed by atoms with van der Waals surface area (Å²) in [7, 11) is 0. The molecule has 128 valence electrons. The molecule has 0 aliphatic rings. The molecule has 0 bridgehead atoms. The van der Waals surface area contributed by atoms with E-state index < -0.39 is 11.7 Å². The number of nitrogens with zero attached hydrogens (tertiary/aromatic N) is 1. The molecule has 0 atom stereocenters. The Hall–Kier alpha value is -3.67. The van der Waals surface area contributed by atoms with Crippen molar-refractivity contribution < 1.29 is 9.18 Å². The number of hydrogen-bond donors (Lipinski definition) is 2. The van der Waals surface area contributed by atoms with Gasteiger partial charge in [0.2, 0.25) is 0 Å². The highest BCUT2D eigenvalue weighted by Gasteiger charge is 2.13. The molecule has 6 heteroatoms. The third kappa shape index (κ3) is 2.88. The van der Waals surface area contributed by atoms with Crippen LogP contribution in [0.3, 0.4) is 0 Å². The van der Waals surface area contributed by atoms with Crippen LogP contribution >= 0.6 is 0 Å². The van der Waals surface area contributed by atoms with Crippen LogP contribution in [0.1, 0.15) is 10.5 Å². The van der Waals surface area contributed by atoms with Gasteiger partial charge >= 0.3 is 0 Å². The molecule has 0 saturated heterocycles. The fourth-order valence-electron chi connectivity index (χ4n) is 2.80. The van der Waals surface area contributed by atoms with Crippen molar-refractivity contribution in [2.45, 2.75) is 0 Å². The van der Waals surface area contributed by atoms with E-state index in [1.54, 1.807) is 41.0 Å². The average Bonchev–Trinajstić information content (AvgIpc) is 3.18. The second-order valence-electron chi connectivity index (χ2n) is 5.81. The number of fused-ring (bicyclic) bond motifs is 1. The van der Waals surface area contributed by atoms with Crippen molar-refractivity contribution in [3.63, 3.8) is 0 Å². The number of benzene rings is 2. The SMILES string of the molecule is O=C(Nc1cc(-n2cccc2)ccc1F)c1cc2ccccc2c(=O)[nH]1. The largest absolute Gasteiger partial charge is 0.324 e. The number of hydrogen-bond acceptors (Lipinski definition) is 2. The summed E-state index contributed by atoms with van der Waals surface area (Å²) in [6.45, 7) is 0. The molecule has 2 N–H and O–H groups in total. The fourth-order valence-corrected chi connectivity index (χ4v) is 2.80. The Kier molecular flexibility index (Phi) is 3.85. The summed E-state index contributed by atoms with van der Waals surface area (Å²) in [5.41, 5.74) is 0.447. The lowest BCUT2D eigenvalue weighted by Crippen LogP contribution is -2.19. The summed E-state index contributed by atoms with van der Waals surface area (Å²) >= 11 is 0. The zero-order chi connectivity index (χ0) is 18.1. The first-order valence-electron chi connectivity index (χ1n) is 7.98. The molecule has 0 aliphatic heterocycles. The molecule has 0 aliphatic carbocycles. The Morgan fingerprint density at radius 2 is 1.77 bits per heavy atom. The Morgan fingerprint density at radius 3 is 2.58 bits per heavy atom. The molecule has 26 heavy (non-hydrogen) atoms. The van der Waals surface area contributed by atoms with Gasteiger partial charge in [-0.05, 0) is 47.9 Å². The van der Waals surface area contributed by atoms with Crippen molar-refractivity contribution in [1.82, 2.24) is 9.55 Å². The highest BCUT2D eigenvalue weighted by Crippen LogP contribution is 2.20. The zero-order valence-electron chi connectivity index (χ0n) is 13.6. The first kappa shape index (κ1) is 15.8. The van der Waals surface area contributed by atoms with Gasteiger partial charge in [0.05, 0.1) is 5.69 Å². The van der Waals surface area contributed by atoms with Crippen LogP contribution in [0.2, 0.25) is 0 Å². The molecule has 1 amide bonds. The van der Waals surface area contributed by atoms with E-state index in [1.807, 2.05) is 24.5 Å². The minimum Gasteiger partial charge on any atom is -0.324 e. The van der Waals surface area contributed by atoms with E-state index in [-0.39, 0.29) is 16.9 Å². The summed E-state index contributed by atoms with van der Waals surface area (Å²) in [5.74, 6) is -1.14. The molecule has 0 unspecified atom stereocenters. The van der Waals surface area contributed by atoms with E-state index in [2.05, 4.69) is 10.3 Å². The molecule has 4 rings (SSSR count). The molecular weight excluding hydrogens is 333 g/mol. The van der Waals surface area contributed by atoms with Gasteiger partial charge in [0, 0.05) is 23.5 Å². The third-order valence-corrected chi connectivity index (χ3v) is 4.10. The number of amides is 1. The van der Waals surface area contributed by atoms with Gasteiger partial charge in [-0.1, -0.05) is 18.2 Å². The van der Waals surface area contributed by atoms with E-state index >= 15 is 0 Å². The van der Waals surface area contributed by atoms with Crippen LogP contribution in [0, 0.1) is 5.82 Å². The van der Waals surface area contributed by atoms with Crippen molar-refractivity contribution in [3.05, 3.63) is 94.9 Å². The molecule has 2 aromatic heterocycles. The van der Waals surface area contributed by atoms with E-state index in [0.29, 0.717) is 16.5 Å². The van der Waals surface area contributed by atoms with Crippen LogP contribution in [0.15, 0.2) is 77.9 Å². The lowest BCUT2D eigenvalue weighted by atomic mass is 10.1. The standard InChI is InChI=1S/C20H14FN3O2/c21-16-8-7-14(24-9-3-4-10-24)12-17(16)22-20(26)18-11-13-5-1-2-6-15(13)19(25)23-18/h1-12H,(H,22,26)(H,23,25). The minimum absolute atomic E-state index is 0.0372. The number of halogens is 1. The van der Waals surface area contributed by atoms with E-state index in [1.165, 1.54) is 12.1 Å². The highest BCUT2D eigenvalue weighted by atomic mass is 19.1. The van der Waals surface area contributed by atoms with Gasteiger partial charge in [-0.15, -0.1) is 0 Å². The van der Waals surface area contributed by atoms with Gasteiger partial charge in [-0.25, -0.2) is 4.39 Å². The number of H-pyrrole nitrogens is 1. The fraction of sp³-hybridized carbons (Fsp3) is 0. The average molecular weight is 347 g/mol. The summed E-state index contributed by atoms with van der Waals surface area (Å²) in [6, 6.07) is 16.7. The Labute approximate surface area is 147 Å².